The molecule has 1 aromatic carbocycles. The van der Waals surface area contributed by atoms with Crippen molar-refractivity contribution in [3.8, 4) is 0 Å². The molecular formula is C20H22BNO6. The largest absolute Gasteiger partial charge is 0.552 e. The van der Waals surface area contributed by atoms with Gasteiger partial charge < -0.3 is 23.8 Å². The molecule has 146 valence electrons. The maximum Gasteiger partial charge on any atom is 0.552 e. The van der Waals surface area contributed by atoms with Gasteiger partial charge in [-0.1, -0.05) is 18.2 Å². The Morgan fingerprint density at radius 3 is 2.89 bits per heavy atom. The topological polar surface area (TPSA) is 87.0 Å². The maximum atomic E-state index is 12.9. The van der Waals surface area contributed by atoms with Gasteiger partial charge in [0.15, 0.2) is 0 Å². The van der Waals surface area contributed by atoms with E-state index in [0.29, 0.717) is 6.42 Å². The molecule has 3 saturated heterocycles. The molecule has 4 heterocycles. The minimum absolute atomic E-state index is 0.00799. The molecule has 1 amide bonds. The molecule has 0 aliphatic carbocycles. The fourth-order valence-corrected chi connectivity index (χ4v) is 4.52. The van der Waals surface area contributed by atoms with Crippen LogP contribution >= 0.6 is 0 Å². The lowest BCUT2D eigenvalue weighted by Crippen LogP contribution is -2.51. The van der Waals surface area contributed by atoms with Crippen molar-refractivity contribution in [2.24, 2.45) is 5.92 Å². The number of amides is 1. The van der Waals surface area contributed by atoms with E-state index < -0.39 is 25.1 Å². The number of furan rings is 1. The third-order valence-corrected chi connectivity index (χ3v) is 6.00. The monoisotopic (exact) mass is 383 g/mol. The lowest BCUT2D eigenvalue weighted by Gasteiger charge is -2.24. The molecule has 1 aromatic heterocycles. The lowest BCUT2D eigenvalue weighted by molar-refractivity contribution is -0.135. The molecule has 3 fully saturated rings. The predicted octanol–water partition coefficient (Wildman–Crippen LogP) is 2.02. The minimum atomic E-state index is -0.820. The molecule has 28 heavy (non-hydrogen) atoms. The fourth-order valence-electron chi connectivity index (χ4n) is 4.52. The molecule has 1 N–H and O–H groups in total. The van der Waals surface area contributed by atoms with Crippen LogP contribution < -0.4 is 5.32 Å². The Hall–Kier alpha value is -2.32. The molecule has 0 unspecified atom stereocenters. The van der Waals surface area contributed by atoms with Gasteiger partial charge in [-0.2, -0.15) is 0 Å². The second-order valence-corrected chi connectivity index (χ2v) is 7.88. The Labute approximate surface area is 162 Å². The zero-order valence-corrected chi connectivity index (χ0v) is 15.6. The third kappa shape index (κ3) is 3.10. The summed E-state index contributed by atoms with van der Waals surface area (Å²) in [7, 11) is -0.820. The summed E-state index contributed by atoms with van der Waals surface area (Å²) in [4.78, 5) is 24.8. The zero-order valence-electron chi connectivity index (χ0n) is 15.6. The summed E-state index contributed by atoms with van der Waals surface area (Å²) >= 11 is 0. The number of ether oxygens (including phenoxy) is 1. The molecule has 3 aliphatic heterocycles. The smallest absolute Gasteiger partial charge is 0.506 e. The van der Waals surface area contributed by atoms with Crippen LogP contribution in [0, 0.1) is 5.92 Å². The molecule has 7 nitrogen and oxygen atoms in total. The molecule has 8 heteroatoms. The molecule has 2 bridgehead atoms. The summed E-state index contributed by atoms with van der Waals surface area (Å²) in [6.45, 7) is 1.65. The highest BCUT2D eigenvalue weighted by Gasteiger charge is 2.48. The summed E-state index contributed by atoms with van der Waals surface area (Å²) in [5.74, 6) is -1.13. The first kappa shape index (κ1) is 17.8. The molecule has 5 atom stereocenters. The van der Waals surface area contributed by atoms with E-state index in [1.807, 2.05) is 24.3 Å². The van der Waals surface area contributed by atoms with E-state index in [1.54, 1.807) is 13.2 Å². The average Bonchev–Trinajstić information content (AvgIpc) is 3.47. The van der Waals surface area contributed by atoms with Crippen molar-refractivity contribution >= 4 is 30.0 Å². The van der Waals surface area contributed by atoms with Gasteiger partial charge in [0.05, 0.1) is 30.3 Å². The molecule has 3 aliphatic rings. The number of carbonyl (C=O) groups excluding carboxylic acids is 2. The van der Waals surface area contributed by atoms with E-state index in [0.717, 1.165) is 35.8 Å². The van der Waals surface area contributed by atoms with Gasteiger partial charge in [-0.25, -0.2) is 0 Å². The minimum Gasteiger partial charge on any atom is -0.506 e. The van der Waals surface area contributed by atoms with Gasteiger partial charge in [0.2, 0.25) is 5.91 Å². The van der Waals surface area contributed by atoms with Crippen LogP contribution in [0.2, 0.25) is 0 Å². The van der Waals surface area contributed by atoms with Crippen LogP contribution in [0.5, 0.6) is 0 Å². The predicted molar refractivity (Wildman–Crippen MR) is 100 cm³/mol. The van der Waals surface area contributed by atoms with Crippen molar-refractivity contribution in [2.75, 3.05) is 0 Å². The molecule has 0 spiro atoms. The number of benzene rings is 1. The van der Waals surface area contributed by atoms with E-state index in [2.05, 4.69) is 5.32 Å². The average molecular weight is 383 g/mol. The zero-order chi connectivity index (χ0) is 19.3. The standard InChI is InChI=1S/C20H22BNO6/c1-11-20(24)28-21(27-11)18(8-12-10-25-16-5-3-2-4-14(12)16)22-19(23)15-9-13-6-7-17(15)26-13/h2-5,10-11,13,15,17-18H,6-9H2,1H3,(H,22,23)/t11-,13-,15-,17+,18+/m1/s1. The van der Waals surface area contributed by atoms with Crippen LogP contribution in [0.15, 0.2) is 34.9 Å². The van der Waals surface area contributed by atoms with Gasteiger partial charge in [-0.15, -0.1) is 0 Å². The number of hydrogen-bond donors (Lipinski definition) is 1. The number of fused-ring (bicyclic) bond motifs is 3. The van der Waals surface area contributed by atoms with E-state index in [1.165, 1.54) is 0 Å². The van der Waals surface area contributed by atoms with Crippen LogP contribution in [0.3, 0.4) is 0 Å². The fraction of sp³-hybridized carbons (Fsp3) is 0.500. The number of carbonyl (C=O) groups is 2. The normalized spacial score (nSPS) is 30.0. The van der Waals surface area contributed by atoms with Gasteiger partial charge in [0.25, 0.3) is 0 Å². The highest BCUT2D eigenvalue weighted by atomic mass is 16.7. The van der Waals surface area contributed by atoms with Crippen molar-refractivity contribution in [3.63, 3.8) is 0 Å². The van der Waals surface area contributed by atoms with Crippen molar-refractivity contribution < 1.29 is 28.1 Å². The van der Waals surface area contributed by atoms with Crippen molar-refractivity contribution in [2.45, 2.75) is 56.9 Å². The number of hydrogen-bond acceptors (Lipinski definition) is 6. The van der Waals surface area contributed by atoms with Crippen LogP contribution in [0.4, 0.5) is 0 Å². The number of rotatable bonds is 5. The van der Waals surface area contributed by atoms with Crippen LogP contribution in [0.1, 0.15) is 31.7 Å². The Bertz CT molecular complexity index is 913. The Balaban J connectivity index is 1.37. The van der Waals surface area contributed by atoms with Crippen molar-refractivity contribution in [3.05, 3.63) is 36.1 Å². The van der Waals surface area contributed by atoms with E-state index in [9.17, 15) is 9.59 Å². The summed E-state index contributed by atoms with van der Waals surface area (Å²) < 4.78 is 22.5. The Morgan fingerprint density at radius 2 is 2.18 bits per heavy atom. The number of para-hydroxylation sites is 1. The first-order valence-electron chi connectivity index (χ1n) is 9.85. The van der Waals surface area contributed by atoms with Crippen LogP contribution in [-0.2, 0) is 30.1 Å². The first-order chi connectivity index (χ1) is 13.6. The summed E-state index contributed by atoms with van der Waals surface area (Å²) in [6.07, 6.45) is 4.37. The SMILES string of the molecule is C[C@H]1OB([C@H](Cc2coc3ccccc23)NC(=O)[C@@H]2C[C@H]3CC[C@@H]2O3)OC1=O. The summed E-state index contributed by atoms with van der Waals surface area (Å²) in [5.41, 5.74) is 1.71. The molecule has 2 aromatic rings. The lowest BCUT2D eigenvalue weighted by atomic mass is 9.74. The van der Waals surface area contributed by atoms with Gasteiger partial charge in [0.1, 0.15) is 11.7 Å². The number of nitrogens with one attached hydrogen (secondary N) is 1. The first-order valence-corrected chi connectivity index (χ1v) is 9.85. The van der Waals surface area contributed by atoms with Gasteiger partial charge in [-0.3, -0.25) is 9.59 Å². The molecule has 0 saturated carbocycles. The highest BCUT2D eigenvalue weighted by Crippen LogP contribution is 2.39. The summed E-state index contributed by atoms with van der Waals surface area (Å²) in [6, 6.07) is 7.72. The Kier molecular flexibility index (Phi) is 4.40. The van der Waals surface area contributed by atoms with Gasteiger partial charge >= 0.3 is 13.1 Å². The second kappa shape index (κ2) is 6.94. The third-order valence-electron chi connectivity index (χ3n) is 6.00. The van der Waals surface area contributed by atoms with E-state index >= 15 is 0 Å². The molecular weight excluding hydrogens is 361 g/mol. The van der Waals surface area contributed by atoms with Crippen LogP contribution in [0.25, 0.3) is 11.0 Å². The molecule has 5 rings (SSSR count). The Morgan fingerprint density at radius 1 is 1.32 bits per heavy atom. The highest BCUT2D eigenvalue weighted by molar-refractivity contribution is 6.51. The van der Waals surface area contributed by atoms with Crippen LogP contribution in [-0.4, -0.2) is 43.2 Å². The van der Waals surface area contributed by atoms with E-state index in [-0.39, 0.29) is 24.0 Å². The van der Waals surface area contributed by atoms with Crippen molar-refractivity contribution in [1.82, 2.24) is 5.32 Å². The maximum absolute atomic E-state index is 12.9. The quantitative estimate of drug-likeness (QED) is 0.795. The van der Waals surface area contributed by atoms with Gasteiger partial charge in [0, 0.05) is 5.39 Å². The van der Waals surface area contributed by atoms with Crippen molar-refractivity contribution in [1.29, 1.82) is 0 Å². The second-order valence-electron chi connectivity index (χ2n) is 7.88. The molecule has 0 radical (unpaired) electrons. The van der Waals surface area contributed by atoms with Gasteiger partial charge in [-0.05, 0) is 44.2 Å². The summed E-state index contributed by atoms with van der Waals surface area (Å²) in [5, 5.41) is 4.04. The van der Waals surface area contributed by atoms with E-state index in [4.69, 9.17) is 18.5 Å².